The summed E-state index contributed by atoms with van der Waals surface area (Å²) in [5.41, 5.74) is -0.523. The number of nitrogens with zero attached hydrogens (tertiary/aromatic N) is 2. The molecule has 0 atom stereocenters. The monoisotopic (exact) mass is 125 g/mol. The lowest BCUT2D eigenvalue weighted by Crippen LogP contribution is -2.13. The molecule has 0 aliphatic heterocycles. The van der Waals surface area contributed by atoms with Gasteiger partial charge in [-0.15, -0.1) is 5.10 Å². The minimum absolute atomic E-state index is 0.00926. The van der Waals surface area contributed by atoms with Crippen molar-refractivity contribution in [3.63, 3.8) is 0 Å². The summed E-state index contributed by atoms with van der Waals surface area (Å²) in [6, 6.07) is 0. The average Bonchev–Trinajstić information content (AvgIpc) is 1.89. The van der Waals surface area contributed by atoms with E-state index in [0.717, 1.165) is 6.20 Å². The summed E-state index contributed by atoms with van der Waals surface area (Å²) in [5, 5.41) is 8.43. The van der Waals surface area contributed by atoms with Crippen molar-refractivity contribution in [3.05, 3.63) is 22.1 Å². The molecule has 0 aromatic carbocycles. The molecule has 0 aliphatic rings. The van der Waals surface area contributed by atoms with Gasteiger partial charge in [-0.3, -0.25) is 9.59 Å². The van der Waals surface area contributed by atoms with Gasteiger partial charge in [0.2, 0.25) is 0 Å². The first-order chi connectivity index (χ1) is 4.34. The van der Waals surface area contributed by atoms with E-state index in [-0.39, 0.29) is 5.56 Å². The zero-order valence-corrected chi connectivity index (χ0v) is 4.37. The maximum absolute atomic E-state index is 10.5. The third-order valence-corrected chi connectivity index (χ3v) is 0.795. The molecule has 0 saturated heterocycles. The second-order valence-electron chi connectivity index (χ2n) is 1.36. The lowest BCUT2D eigenvalue weighted by atomic mass is 10.4. The molecular weight excluding hydrogens is 122 g/mol. The first-order valence-electron chi connectivity index (χ1n) is 2.20. The molecule has 46 valence electrons. The van der Waals surface area contributed by atoms with E-state index in [2.05, 4.69) is 10.3 Å². The van der Waals surface area contributed by atoms with Crippen LogP contribution in [0.5, 0.6) is 0 Å². The highest BCUT2D eigenvalue weighted by molar-refractivity contribution is 5.72. The second-order valence-corrected chi connectivity index (χ2v) is 1.36. The number of carbonyl (C=O) groups excluding carboxylic acids is 1. The number of aldehydes is 1. The van der Waals surface area contributed by atoms with E-state index in [1.807, 2.05) is 5.10 Å². The van der Waals surface area contributed by atoms with Crippen molar-refractivity contribution in [2.45, 2.75) is 0 Å². The molecule has 5 nitrogen and oxygen atoms in total. The van der Waals surface area contributed by atoms with Crippen LogP contribution in [0.4, 0.5) is 0 Å². The number of hydrogen-bond donors (Lipinski definition) is 1. The number of hydrogen-bond acceptors (Lipinski definition) is 4. The Morgan fingerprint density at radius 3 is 2.89 bits per heavy atom. The Kier molecular flexibility index (Phi) is 1.35. The minimum atomic E-state index is -0.514. The smallest absolute Gasteiger partial charge is 0.277 e. The number of carbonyl (C=O) groups is 1. The Bertz CT molecular complexity index is 267. The molecule has 1 rings (SSSR count). The van der Waals surface area contributed by atoms with Gasteiger partial charge in [-0.25, -0.2) is 5.10 Å². The molecular formula is C4H3N3O2. The number of H-pyrrole nitrogens is 1. The van der Waals surface area contributed by atoms with Gasteiger partial charge in [0.05, 0.1) is 6.20 Å². The molecule has 0 unspecified atom stereocenters. The van der Waals surface area contributed by atoms with Gasteiger partial charge in [0.1, 0.15) is 5.56 Å². The van der Waals surface area contributed by atoms with Crippen molar-refractivity contribution in [2.24, 2.45) is 0 Å². The lowest BCUT2D eigenvalue weighted by Gasteiger charge is -1.80. The summed E-state index contributed by atoms with van der Waals surface area (Å²) >= 11 is 0. The van der Waals surface area contributed by atoms with Gasteiger partial charge in [-0.05, 0) is 0 Å². The molecule has 9 heavy (non-hydrogen) atoms. The van der Waals surface area contributed by atoms with Gasteiger partial charge >= 0.3 is 0 Å². The Morgan fingerprint density at radius 1 is 1.67 bits per heavy atom. The van der Waals surface area contributed by atoms with Crippen LogP contribution in [0.25, 0.3) is 0 Å². The van der Waals surface area contributed by atoms with Gasteiger partial charge < -0.3 is 0 Å². The highest BCUT2D eigenvalue weighted by atomic mass is 16.1. The van der Waals surface area contributed by atoms with E-state index in [0.29, 0.717) is 6.29 Å². The Balaban J connectivity index is 3.32. The van der Waals surface area contributed by atoms with Crippen LogP contribution in [-0.4, -0.2) is 21.7 Å². The summed E-state index contributed by atoms with van der Waals surface area (Å²) in [4.78, 5) is 20.4. The third-order valence-electron chi connectivity index (χ3n) is 0.795. The summed E-state index contributed by atoms with van der Waals surface area (Å²) in [6.45, 7) is 0. The van der Waals surface area contributed by atoms with E-state index < -0.39 is 5.56 Å². The molecule has 0 saturated carbocycles. The predicted octanol–water partition coefficient (Wildman–Crippen LogP) is -1.02. The molecule has 1 aromatic rings. The van der Waals surface area contributed by atoms with Crippen LogP contribution < -0.4 is 5.56 Å². The van der Waals surface area contributed by atoms with Crippen molar-refractivity contribution in [2.75, 3.05) is 0 Å². The third kappa shape index (κ3) is 0.987. The molecule has 1 aromatic heterocycles. The number of nitrogens with one attached hydrogen (secondary N) is 1. The highest BCUT2D eigenvalue weighted by Gasteiger charge is 1.93. The Labute approximate surface area is 49.7 Å². The van der Waals surface area contributed by atoms with Crippen molar-refractivity contribution in [1.29, 1.82) is 0 Å². The Morgan fingerprint density at radius 2 is 2.44 bits per heavy atom. The first-order valence-corrected chi connectivity index (χ1v) is 2.20. The quantitative estimate of drug-likeness (QED) is 0.487. The van der Waals surface area contributed by atoms with Crippen LogP contribution in [-0.2, 0) is 0 Å². The SMILES string of the molecule is O=Cc1cnn[nH]c1=O. The van der Waals surface area contributed by atoms with Gasteiger partial charge in [0.15, 0.2) is 6.29 Å². The van der Waals surface area contributed by atoms with Crippen molar-refractivity contribution in [3.8, 4) is 0 Å². The van der Waals surface area contributed by atoms with Crippen LogP contribution in [0.15, 0.2) is 11.0 Å². The van der Waals surface area contributed by atoms with Gasteiger partial charge in [0, 0.05) is 0 Å². The topological polar surface area (TPSA) is 75.7 Å². The molecule has 0 radical (unpaired) electrons. The summed E-state index contributed by atoms with van der Waals surface area (Å²) in [6.07, 6.45) is 1.53. The Hall–Kier alpha value is -1.52. The predicted molar refractivity (Wildman–Crippen MR) is 28.0 cm³/mol. The normalized spacial score (nSPS) is 8.89. The maximum atomic E-state index is 10.5. The minimum Gasteiger partial charge on any atom is -0.298 e. The maximum Gasteiger partial charge on any atom is 0.277 e. The first kappa shape index (κ1) is 5.61. The van der Waals surface area contributed by atoms with E-state index in [4.69, 9.17) is 0 Å². The number of aromatic amines is 1. The molecule has 1 heterocycles. The summed E-state index contributed by atoms with van der Waals surface area (Å²) in [7, 11) is 0. The zero-order valence-electron chi connectivity index (χ0n) is 4.37. The van der Waals surface area contributed by atoms with E-state index >= 15 is 0 Å². The van der Waals surface area contributed by atoms with E-state index in [9.17, 15) is 9.59 Å². The molecule has 0 amide bonds. The van der Waals surface area contributed by atoms with Crippen LogP contribution in [0, 0.1) is 0 Å². The van der Waals surface area contributed by atoms with Crippen LogP contribution in [0.1, 0.15) is 10.4 Å². The molecule has 1 N–H and O–H groups in total. The molecule has 0 bridgehead atoms. The largest absolute Gasteiger partial charge is 0.298 e. The highest BCUT2D eigenvalue weighted by Crippen LogP contribution is 1.73. The standard InChI is InChI=1S/C4H3N3O2/c8-2-3-1-5-7-6-4(3)9/h1-2H,(H,5,6,9). The molecule has 5 heteroatoms. The molecule has 0 spiro atoms. The van der Waals surface area contributed by atoms with Crippen molar-refractivity contribution >= 4 is 6.29 Å². The van der Waals surface area contributed by atoms with Gasteiger partial charge in [-0.1, -0.05) is 5.21 Å². The fourth-order valence-corrected chi connectivity index (χ4v) is 0.372. The number of aromatic nitrogens is 3. The molecule has 0 aliphatic carbocycles. The lowest BCUT2D eigenvalue weighted by molar-refractivity contribution is 0.112. The molecule has 0 fully saturated rings. The fraction of sp³-hybridized carbons (Fsp3) is 0. The van der Waals surface area contributed by atoms with Crippen LogP contribution in [0.3, 0.4) is 0 Å². The van der Waals surface area contributed by atoms with Crippen molar-refractivity contribution < 1.29 is 4.79 Å². The van der Waals surface area contributed by atoms with Crippen LogP contribution >= 0.6 is 0 Å². The van der Waals surface area contributed by atoms with E-state index in [1.165, 1.54) is 0 Å². The van der Waals surface area contributed by atoms with Gasteiger partial charge in [-0.2, -0.15) is 0 Å². The summed E-state index contributed by atoms with van der Waals surface area (Å²) < 4.78 is 0. The van der Waals surface area contributed by atoms with Crippen molar-refractivity contribution in [1.82, 2.24) is 15.4 Å². The fourth-order valence-electron chi connectivity index (χ4n) is 0.372. The average molecular weight is 125 g/mol. The van der Waals surface area contributed by atoms with Gasteiger partial charge in [0.25, 0.3) is 5.56 Å². The zero-order chi connectivity index (χ0) is 6.69. The van der Waals surface area contributed by atoms with E-state index in [1.54, 1.807) is 0 Å². The number of rotatable bonds is 1. The summed E-state index contributed by atoms with van der Waals surface area (Å²) in [5.74, 6) is 0. The van der Waals surface area contributed by atoms with Crippen LogP contribution in [0.2, 0.25) is 0 Å². The second kappa shape index (κ2) is 2.17.